The summed E-state index contributed by atoms with van der Waals surface area (Å²) in [7, 11) is 0. The molecule has 0 radical (unpaired) electrons. The highest BCUT2D eigenvalue weighted by Gasteiger charge is 2.07. The number of benzene rings is 2. The molecule has 0 N–H and O–H groups in total. The van der Waals surface area contributed by atoms with Crippen LogP contribution in [0.5, 0.6) is 0 Å². The topological polar surface area (TPSA) is 47.8 Å². The number of halogens is 2. The lowest BCUT2D eigenvalue weighted by atomic mass is 10.2. The summed E-state index contributed by atoms with van der Waals surface area (Å²) < 4.78 is 26.9. The van der Waals surface area contributed by atoms with Crippen LogP contribution in [0.15, 0.2) is 59.5 Å². The molecule has 2 aromatic carbocycles. The first kappa shape index (κ1) is 13.1. The van der Waals surface area contributed by atoms with Gasteiger partial charge in [-0.2, -0.15) is 14.8 Å². The van der Waals surface area contributed by atoms with Gasteiger partial charge < -0.3 is 0 Å². The highest BCUT2D eigenvalue weighted by molar-refractivity contribution is 5.57. The highest BCUT2D eigenvalue weighted by Crippen LogP contribution is 2.16. The van der Waals surface area contributed by atoms with Crippen molar-refractivity contribution in [1.29, 1.82) is 0 Å². The summed E-state index contributed by atoms with van der Waals surface area (Å²) in [6, 6.07) is 11.0. The van der Waals surface area contributed by atoms with Crippen molar-refractivity contribution in [1.82, 2.24) is 14.8 Å². The van der Waals surface area contributed by atoms with Gasteiger partial charge in [0.15, 0.2) is 0 Å². The van der Waals surface area contributed by atoms with Crippen molar-refractivity contribution in [2.24, 2.45) is 0 Å². The summed E-state index contributed by atoms with van der Waals surface area (Å²) in [6.07, 6.45) is 1.32. The van der Waals surface area contributed by atoms with Crippen LogP contribution in [0.1, 0.15) is 0 Å². The molecule has 6 heteroatoms. The normalized spacial score (nSPS) is 10.6. The minimum absolute atomic E-state index is 0.362. The van der Waals surface area contributed by atoms with Crippen molar-refractivity contribution in [2.45, 2.75) is 0 Å². The molecule has 3 aromatic rings. The van der Waals surface area contributed by atoms with Crippen LogP contribution >= 0.6 is 0 Å². The van der Waals surface area contributed by atoms with E-state index in [1.54, 1.807) is 12.1 Å². The third-order valence-electron chi connectivity index (χ3n) is 2.90. The molecule has 3 rings (SSSR count). The molecular weight excluding hydrogens is 276 g/mol. The minimum Gasteiger partial charge on any atom is -0.244 e. The van der Waals surface area contributed by atoms with E-state index < -0.39 is 11.5 Å². The first-order valence-corrected chi connectivity index (χ1v) is 6.12. The van der Waals surface area contributed by atoms with E-state index in [-0.39, 0.29) is 5.82 Å². The Balaban J connectivity index is 2.10. The summed E-state index contributed by atoms with van der Waals surface area (Å²) in [4.78, 5) is 15.5. The molecule has 0 amide bonds. The maximum absolute atomic E-state index is 12.9. The molecule has 21 heavy (non-hydrogen) atoms. The molecule has 4 nitrogen and oxygen atoms in total. The summed E-state index contributed by atoms with van der Waals surface area (Å²) >= 11 is 0. The molecule has 1 heterocycles. The van der Waals surface area contributed by atoms with Gasteiger partial charge in [-0.05, 0) is 48.5 Å². The molecular formula is C15H9F2N3O. The Morgan fingerprint density at radius 2 is 1.43 bits per heavy atom. The second-order valence-corrected chi connectivity index (χ2v) is 4.32. The van der Waals surface area contributed by atoms with E-state index in [9.17, 15) is 13.6 Å². The Hall–Kier alpha value is -2.89. The van der Waals surface area contributed by atoms with E-state index in [4.69, 9.17) is 0 Å². The zero-order chi connectivity index (χ0) is 14.8. The van der Waals surface area contributed by atoms with Gasteiger partial charge in [0.05, 0.1) is 11.9 Å². The summed E-state index contributed by atoms with van der Waals surface area (Å²) in [5.74, 6) is -0.770. The van der Waals surface area contributed by atoms with Crippen LogP contribution in [0.2, 0.25) is 0 Å². The SMILES string of the molecule is O=c1ncc(-c2ccc(F)cc2)nn1-c1ccc(F)cc1. The standard InChI is InChI=1S/C15H9F2N3O/c16-11-3-1-10(2-4-11)14-9-18-15(21)20(19-14)13-7-5-12(17)6-8-13/h1-9H. The van der Waals surface area contributed by atoms with Crippen LogP contribution in [-0.4, -0.2) is 14.8 Å². The van der Waals surface area contributed by atoms with Gasteiger partial charge in [-0.15, -0.1) is 0 Å². The van der Waals surface area contributed by atoms with E-state index in [0.29, 0.717) is 16.9 Å². The lowest BCUT2D eigenvalue weighted by molar-refractivity contribution is 0.626. The molecule has 0 unspecified atom stereocenters. The van der Waals surface area contributed by atoms with Crippen LogP contribution in [-0.2, 0) is 0 Å². The Bertz CT molecular complexity index is 827. The van der Waals surface area contributed by atoms with E-state index in [2.05, 4.69) is 10.1 Å². The second kappa shape index (κ2) is 5.24. The summed E-state index contributed by atoms with van der Waals surface area (Å²) in [5, 5.41) is 4.17. The van der Waals surface area contributed by atoms with Gasteiger partial charge in [0.25, 0.3) is 0 Å². The van der Waals surface area contributed by atoms with Gasteiger partial charge in [0.1, 0.15) is 17.3 Å². The maximum atomic E-state index is 12.9. The smallest absolute Gasteiger partial charge is 0.244 e. The zero-order valence-corrected chi connectivity index (χ0v) is 10.7. The first-order valence-electron chi connectivity index (χ1n) is 6.12. The summed E-state index contributed by atoms with van der Waals surface area (Å²) in [6.45, 7) is 0. The highest BCUT2D eigenvalue weighted by atomic mass is 19.1. The first-order chi connectivity index (χ1) is 10.1. The van der Waals surface area contributed by atoms with Gasteiger partial charge in [0, 0.05) is 5.56 Å². The minimum atomic E-state index is -0.576. The van der Waals surface area contributed by atoms with Crippen LogP contribution in [0.3, 0.4) is 0 Å². The Labute approximate surface area is 118 Å². The molecule has 0 spiro atoms. The predicted octanol–water partition coefficient (Wildman–Crippen LogP) is 2.57. The average molecular weight is 285 g/mol. The van der Waals surface area contributed by atoms with Gasteiger partial charge in [-0.1, -0.05) is 0 Å². The van der Waals surface area contributed by atoms with Crippen molar-refractivity contribution >= 4 is 0 Å². The van der Waals surface area contributed by atoms with Crippen LogP contribution in [0.4, 0.5) is 8.78 Å². The molecule has 0 aliphatic heterocycles. The predicted molar refractivity (Wildman–Crippen MR) is 73.0 cm³/mol. The molecule has 0 saturated heterocycles. The van der Waals surface area contributed by atoms with Gasteiger partial charge in [-0.25, -0.2) is 13.6 Å². The molecule has 104 valence electrons. The third-order valence-corrected chi connectivity index (χ3v) is 2.90. The number of rotatable bonds is 2. The molecule has 0 aliphatic rings. The van der Waals surface area contributed by atoms with Crippen molar-refractivity contribution in [3.63, 3.8) is 0 Å². The Morgan fingerprint density at radius 3 is 2.05 bits per heavy atom. The molecule has 0 saturated carbocycles. The lowest BCUT2D eigenvalue weighted by Crippen LogP contribution is -2.24. The Morgan fingerprint density at radius 1 is 0.857 bits per heavy atom. The van der Waals surface area contributed by atoms with Crippen molar-refractivity contribution in [2.75, 3.05) is 0 Å². The lowest BCUT2D eigenvalue weighted by Gasteiger charge is -2.06. The fraction of sp³-hybridized carbons (Fsp3) is 0. The van der Waals surface area contributed by atoms with Crippen LogP contribution < -0.4 is 5.69 Å². The number of aromatic nitrogens is 3. The fourth-order valence-corrected chi connectivity index (χ4v) is 1.85. The van der Waals surface area contributed by atoms with E-state index in [1.807, 2.05) is 0 Å². The van der Waals surface area contributed by atoms with E-state index in [0.717, 1.165) is 4.68 Å². The maximum Gasteiger partial charge on any atom is 0.368 e. The fourth-order valence-electron chi connectivity index (χ4n) is 1.85. The van der Waals surface area contributed by atoms with Crippen LogP contribution in [0.25, 0.3) is 16.9 Å². The molecule has 1 aromatic heterocycles. The van der Waals surface area contributed by atoms with Gasteiger partial charge in [-0.3, -0.25) is 0 Å². The summed E-state index contributed by atoms with van der Waals surface area (Å²) in [5.41, 5.74) is 0.865. The Kier molecular flexibility index (Phi) is 3.27. The largest absolute Gasteiger partial charge is 0.368 e. The molecule has 0 aliphatic carbocycles. The number of hydrogen-bond acceptors (Lipinski definition) is 3. The quantitative estimate of drug-likeness (QED) is 0.727. The van der Waals surface area contributed by atoms with Gasteiger partial charge in [0.2, 0.25) is 0 Å². The monoisotopic (exact) mass is 285 g/mol. The van der Waals surface area contributed by atoms with E-state index in [1.165, 1.54) is 42.6 Å². The third kappa shape index (κ3) is 2.69. The van der Waals surface area contributed by atoms with Crippen molar-refractivity contribution < 1.29 is 8.78 Å². The zero-order valence-electron chi connectivity index (χ0n) is 10.7. The van der Waals surface area contributed by atoms with Crippen molar-refractivity contribution in [3.05, 3.63) is 76.8 Å². The van der Waals surface area contributed by atoms with E-state index >= 15 is 0 Å². The van der Waals surface area contributed by atoms with Crippen LogP contribution in [0, 0.1) is 11.6 Å². The molecule has 0 bridgehead atoms. The second-order valence-electron chi connectivity index (χ2n) is 4.32. The van der Waals surface area contributed by atoms with Gasteiger partial charge >= 0.3 is 5.69 Å². The average Bonchev–Trinajstić information content (AvgIpc) is 2.50. The number of hydrogen-bond donors (Lipinski definition) is 0. The molecule has 0 atom stereocenters. The molecule has 0 fully saturated rings. The number of nitrogens with zero attached hydrogens (tertiary/aromatic N) is 3. The van der Waals surface area contributed by atoms with Crippen molar-refractivity contribution in [3.8, 4) is 16.9 Å².